The molecule has 0 aliphatic carbocycles. The van der Waals surface area contributed by atoms with Gasteiger partial charge in [0.15, 0.2) is 11.6 Å². The van der Waals surface area contributed by atoms with Crippen molar-refractivity contribution < 1.29 is 14.0 Å². The Kier molecular flexibility index (Phi) is 3.71. The first-order valence-corrected chi connectivity index (χ1v) is 9.19. The van der Waals surface area contributed by atoms with Crippen LogP contribution in [0.4, 0.5) is 17.3 Å². The number of aromatic nitrogens is 2. The van der Waals surface area contributed by atoms with E-state index in [-0.39, 0.29) is 17.6 Å². The summed E-state index contributed by atoms with van der Waals surface area (Å²) < 4.78 is 6.99. The number of nitrogens with one attached hydrogen (secondary N) is 1. The number of carbonyl (C=O) groups is 2. The highest BCUT2D eigenvalue weighted by Crippen LogP contribution is 2.34. The van der Waals surface area contributed by atoms with Crippen LogP contribution >= 0.6 is 0 Å². The minimum Gasteiger partial charge on any atom is -0.459 e. The summed E-state index contributed by atoms with van der Waals surface area (Å²) in [5.41, 5.74) is 2.88. The zero-order valence-corrected chi connectivity index (χ0v) is 15.4. The van der Waals surface area contributed by atoms with Gasteiger partial charge in [-0.15, -0.1) is 0 Å². The van der Waals surface area contributed by atoms with Gasteiger partial charge in [-0.3, -0.25) is 9.59 Å². The standard InChI is InChI=1S/C20H19N5O3/c1-23-7-6-13-11-14(4-5-15(13)20(23)27)24-8-9-25-18(24)12-17(22-25)21-19(26)16-3-2-10-28-16/h2-5,10-12H,6-9H2,1H3,(H,21,22,26). The van der Waals surface area contributed by atoms with Gasteiger partial charge in [-0.2, -0.15) is 5.10 Å². The van der Waals surface area contributed by atoms with Gasteiger partial charge in [0.05, 0.1) is 12.8 Å². The molecular formula is C20H19N5O3. The number of nitrogens with zero attached hydrogens (tertiary/aromatic N) is 4. The zero-order chi connectivity index (χ0) is 19.3. The van der Waals surface area contributed by atoms with Gasteiger partial charge >= 0.3 is 0 Å². The maximum absolute atomic E-state index is 12.3. The Balaban J connectivity index is 1.40. The largest absolute Gasteiger partial charge is 0.459 e. The van der Waals surface area contributed by atoms with Crippen molar-refractivity contribution in [3.63, 3.8) is 0 Å². The Hall–Kier alpha value is -3.55. The van der Waals surface area contributed by atoms with Crippen LogP contribution in [0.25, 0.3) is 0 Å². The summed E-state index contributed by atoms with van der Waals surface area (Å²) in [6.07, 6.45) is 2.31. The van der Waals surface area contributed by atoms with Gasteiger partial charge in [0.25, 0.3) is 11.8 Å². The minimum atomic E-state index is -0.329. The molecule has 4 heterocycles. The molecule has 1 aromatic carbocycles. The first-order valence-electron chi connectivity index (χ1n) is 9.19. The van der Waals surface area contributed by atoms with E-state index in [1.807, 2.05) is 29.9 Å². The molecule has 2 amide bonds. The molecule has 2 aliphatic rings. The summed E-state index contributed by atoms with van der Waals surface area (Å²) in [6.45, 7) is 2.25. The number of hydrogen-bond acceptors (Lipinski definition) is 5. The molecule has 0 saturated heterocycles. The molecule has 1 N–H and O–H groups in total. The van der Waals surface area contributed by atoms with Gasteiger partial charge in [-0.25, -0.2) is 4.68 Å². The molecule has 0 radical (unpaired) electrons. The first kappa shape index (κ1) is 16.6. The van der Waals surface area contributed by atoms with Crippen molar-refractivity contribution in [2.24, 2.45) is 0 Å². The highest BCUT2D eigenvalue weighted by molar-refractivity contribution is 6.02. The summed E-state index contributed by atoms with van der Waals surface area (Å²) in [7, 11) is 1.83. The number of benzene rings is 1. The number of furan rings is 1. The average molecular weight is 377 g/mol. The molecule has 142 valence electrons. The number of rotatable bonds is 3. The number of hydrogen-bond donors (Lipinski definition) is 1. The summed E-state index contributed by atoms with van der Waals surface area (Å²) in [4.78, 5) is 28.4. The molecule has 0 unspecified atom stereocenters. The summed E-state index contributed by atoms with van der Waals surface area (Å²) in [5, 5.41) is 7.23. The molecule has 0 fully saturated rings. The van der Waals surface area contributed by atoms with Gasteiger partial charge < -0.3 is 19.5 Å². The second-order valence-electron chi connectivity index (χ2n) is 7.01. The number of amides is 2. The molecule has 2 aromatic heterocycles. The normalized spacial score (nSPS) is 15.5. The van der Waals surface area contributed by atoms with Gasteiger partial charge in [-0.05, 0) is 42.3 Å². The fourth-order valence-electron chi connectivity index (χ4n) is 3.76. The zero-order valence-electron chi connectivity index (χ0n) is 15.4. The summed E-state index contributed by atoms with van der Waals surface area (Å²) >= 11 is 0. The summed E-state index contributed by atoms with van der Waals surface area (Å²) in [6, 6.07) is 11.1. The van der Waals surface area contributed by atoms with Crippen molar-refractivity contribution >= 4 is 29.1 Å². The van der Waals surface area contributed by atoms with Gasteiger partial charge in [0.1, 0.15) is 5.82 Å². The SMILES string of the molecule is CN1CCc2cc(N3CCn4nc(NC(=O)c5ccco5)cc43)ccc2C1=O. The van der Waals surface area contributed by atoms with E-state index in [0.717, 1.165) is 48.7 Å². The van der Waals surface area contributed by atoms with Crippen LogP contribution in [0.5, 0.6) is 0 Å². The molecule has 3 aromatic rings. The van der Waals surface area contributed by atoms with Gasteiger partial charge in [0.2, 0.25) is 0 Å². The molecule has 2 aliphatic heterocycles. The second-order valence-corrected chi connectivity index (χ2v) is 7.01. The third kappa shape index (κ3) is 2.65. The Morgan fingerprint density at radius 3 is 2.89 bits per heavy atom. The van der Waals surface area contributed by atoms with Crippen LogP contribution in [-0.2, 0) is 13.0 Å². The Morgan fingerprint density at radius 1 is 1.18 bits per heavy atom. The van der Waals surface area contributed by atoms with Crippen LogP contribution in [0, 0.1) is 0 Å². The maximum Gasteiger partial charge on any atom is 0.292 e. The lowest BCUT2D eigenvalue weighted by atomic mass is 9.98. The number of carbonyl (C=O) groups excluding carboxylic acids is 2. The van der Waals surface area contributed by atoms with E-state index in [1.165, 1.54) is 6.26 Å². The van der Waals surface area contributed by atoms with Crippen molar-refractivity contribution in [3.05, 3.63) is 59.5 Å². The smallest absolute Gasteiger partial charge is 0.292 e. The van der Waals surface area contributed by atoms with E-state index in [1.54, 1.807) is 17.0 Å². The Labute approximate surface area is 161 Å². The van der Waals surface area contributed by atoms with Crippen molar-refractivity contribution in [2.75, 3.05) is 30.4 Å². The van der Waals surface area contributed by atoms with Crippen LogP contribution in [0.1, 0.15) is 26.5 Å². The summed E-state index contributed by atoms with van der Waals surface area (Å²) in [5.74, 6) is 1.38. The average Bonchev–Trinajstić information content (AvgIpc) is 3.41. The Bertz CT molecular complexity index is 1070. The third-order valence-corrected chi connectivity index (χ3v) is 5.25. The van der Waals surface area contributed by atoms with Gasteiger partial charge in [0, 0.05) is 37.5 Å². The lowest BCUT2D eigenvalue weighted by molar-refractivity contribution is 0.0780. The van der Waals surface area contributed by atoms with Crippen molar-refractivity contribution in [1.29, 1.82) is 0 Å². The predicted molar refractivity (Wildman–Crippen MR) is 103 cm³/mol. The van der Waals surface area contributed by atoms with E-state index in [2.05, 4.69) is 21.4 Å². The van der Waals surface area contributed by atoms with E-state index >= 15 is 0 Å². The maximum atomic E-state index is 12.3. The highest BCUT2D eigenvalue weighted by Gasteiger charge is 2.27. The van der Waals surface area contributed by atoms with E-state index < -0.39 is 0 Å². The van der Waals surface area contributed by atoms with Crippen LogP contribution in [0.15, 0.2) is 47.1 Å². The van der Waals surface area contributed by atoms with Crippen molar-refractivity contribution in [1.82, 2.24) is 14.7 Å². The van der Waals surface area contributed by atoms with E-state index in [0.29, 0.717) is 5.82 Å². The molecule has 0 atom stereocenters. The number of anilines is 3. The van der Waals surface area contributed by atoms with Crippen LogP contribution in [-0.4, -0.2) is 46.6 Å². The topological polar surface area (TPSA) is 83.6 Å². The quantitative estimate of drug-likeness (QED) is 0.758. The fraction of sp³-hybridized carbons (Fsp3) is 0.250. The monoisotopic (exact) mass is 377 g/mol. The van der Waals surface area contributed by atoms with Crippen molar-refractivity contribution in [2.45, 2.75) is 13.0 Å². The minimum absolute atomic E-state index is 0.0715. The molecule has 0 spiro atoms. The molecule has 28 heavy (non-hydrogen) atoms. The van der Waals surface area contributed by atoms with Gasteiger partial charge in [-0.1, -0.05) is 0 Å². The Morgan fingerprint density at radius 2 is 2.07 bits per heavy atom. The molecule has 0 saturated carbocycles. The fourth-order valence-corrected chi connectivity index (χ4v) is 3.76. The first-order chi connectivity index (χ1) is 13.6. The molecule has 8 heteroatoms. The third-order valence-electron chi connectivity index (χ3n) is 5.25. The number of fused-ring (bicyclic) bond motifs is 2. The van der Waals surface area contributed by atoms with E-state index in [4.69, 9.17) is 4.42 Å². The lowest BCUT2D eigenvalue weighted by Gasteiger charge is -2.26. The lowest BCUT2D eigenvalue weighted by Crippen LogP contribution is -2.34. The number of likely N-dealkylation sites (N-methyl/N-ethyl adjacent to an activating group) is 1. The highest BCUT2D eigenvalue weighted by atomic mass is 16.3. The second kappa shape index (κ2) is 6.26. The molecular weight excluding hydrogens is 358 g/mol. The van der Waals surface area contributed by atoms with Crippen molar-refractivity contribution in [3.8, 4) is 0 Å². The van der Waals surface area contributed by atoms with Crippen LogP contribution in [0.3, 0.4) is 0 Å². The van der Waals surface area contributed by atoms with Crippen LogP contribution < -0.4 is 10.2 Å². The predicted octanol–water partition coefficient (Wildman–Crippen LogP) is 2.51. The molecule has 0 bridgehead atoms. The van der Waals surface area contributed by atoms with E-state index in [9.17, 15) is 9.59 Å². The van der Waals surface area contributed by atoms with Crippen LogP contribution in [0.2, 0.25) is 0 Å². The molecule has 5 rings (SSSR count). The molecule has 8 nitrogen and oxygen atoms in total.